The summed E-state index contributed by atoms with van der Waals surface area (Å²) in [4.78, 5) is 21.8. The van der Waals surface area contributed by atoms with Gasteiger partial charge in [-0.1, -0.05) is 6.92 Å². The molecule has 0 saturated heterocycles. The molecule has 1 aromatic carbocycles. The average molecular weight is 236 g/mol. The van der Waals surface area contributed by atoms with E-state index in [1.54, 1.807) is 38.1 Å². The number of carbonyl (C=O) groups is 2. The Bertz CT molecular complexity index is 401. The van der Waals surface area contributed by atoms with Crippen molar-refractivity contribution in [1.29, 1.82) is 0 Å². The second-order valence-corrected chi connectivity index (χ2v) is 3.68. The van der Waals surface area contributed by atoms with Crippen molar-refractivity contribution in [3.05, 3.63) is 24.3 Å². The summed E-state index contributed by atoms with van der Waals surface area (Å²) in [6.45, 7) is 3.34. The highest BCUT2D eigenvalue weighted by Gasteiger charge is 2.09. The molecule has 0 spiro atoms. The fraction of sp³-hybridized carbons (Fsp3) is 0.333. The maximum atomic E-state index is 11.1. The van der Waals surface area contributed by atoms with Crippen LogP contribution >= 0.6 is 0 Å². The van der Waals surface area contributed by atoms with Gasteiger partial charge in [-0.25, -0.2) is 0 Å². The maximum Gasteiger partial charge on any atom is 0.325 e. The number of nitrogens with one attached hydrogen (secondary N) is 2. The molecular weight excluding hydrogens is 220 g/mol. The highest BCUT2D eigenvalue weighted by molar-refractivity contribution is 5.90. The topological polar surface area (TPSA) is 78.4 Å². The van der Waals surface area contributed by atoms with E-state index < -0.39 is 12.0 Å². The van der Waals surface area contributed by atoms with E-state index in [2.05, 4.69) is 10.6 Å². The Balaban J connectivity index is 2.62. The van der Waals surface area contributed by atoms with E-state index in [1.807, 2.05) is 0 Å². The van der Waals surface area contributed by atoms with E-state index in [1.165, 1.54) is 0 Å². The number of benzene rings is 1. The Hall–Kier alpha value is -2.04. The van der Waals surface area contributed by atoms with Gasteiger partial charge in [-0.3, -0.25) is 9.59 Å². The quantitative estimate of drug-likeness (QED) is 0.729. The molecule has 1 amide bonds. The van der Waals surface area contributed by atoms with Gasteiger partial charge in [-0.05, 0) is 31.2 Å². The lowest BCUT2D eigenvalue weighted by molar-refractivity contribution is -0.137. The van der Waals surface area contributed by atoms with Crippen LogP contribution in [0.2, 0.25) is 0 Å². The molecule has 1 unspecified atom stereocenters. The standard InChI is InChI=1S/C12H16N2O3/c1-3-11(15)14-10-6-4-9(5-7-10)13-8(2)12(16)17/h4-8,13H,3H2,1-2H3,(H,14,15)(H,16,17). The predicted octanol–water partition coefficient (Wildman–Crippen LogP) is 1.92. The molecule has 0 aromatic heterocycles. The van der Waals surface area contributed by atoms with Crippen LogP contribution in [0.3, 0.4) is 0 Å². The van der Waals surface area contributed by atoms with Crippen LogP contribution in [0.4, 0.5) is 11.4 Å². The van der Waals surface area contributed by atoms with Gasteiger partial charge in [-0.15, -0.1) is 0 Å². The first-order valence-corrected chi connectivity index (χ1v) is 5.42. The highest BCUT2D eigenvalue weighted by Crippen LogP contribution is 2.14. The minimum atomic E-state index is -0.909. The first kappa shape index (κ1) is 13.0. The Morgan fingerprint density at radius 2 is 1.76 bits per heavy atom. The van der Waals surface area contributed by atoms with E-state index in [9.17, 15) is 9.59 Å². The molecule has 3 N–H and O–H groups in total. The number of amides is 1. The van der Waals surface area contributed by atoms with Gasteiger partial charge in [0.2, 0.25) is 5.91 Å². The minimum Gasteiger partial charge on any atom is -0.480 e. The van der Waals surface area contributed by atoms with Crippen molar-refractivity contribution >= 4 is 23.3 Å². The van der Waals surface area contributed by atoms with E-state index in [0.717, 1.165) is 0 Å². The van der Waals surface area contributed by atoms with Gasteiger partial charge < -0.3 is 15.7 Å². The number of hydrogen-bond donors (Lipinski definition) is 3. The predicted molar refractivity (Wildman–Crippen MR) is 66.1 cm³/mol. The Kier molecular flexibility index (Phi) is 4.51. The molecule has 0 bridgehead atoms. The zero-order valence-corrected chi connectivity index (χ0v) is 9.86. The van der Waals surface area contributed by atoms with Gasteiger partial charge in [0.25, 0.3) is 0 Å². The first-order valence-electron chi connectivity index (χ1n) is 5.42. The van der Waals surface area contributed by atoms with E-state index in [0.29, 0.717) is 17.8 Å². The lowest BCUT2D eigenvalue weighted by Crippen LogP contribution is -2.25. The van der Waals surface area contributed by atoms with Crippen molar-refractivity contribution in [2.45, 2.75) is 26.3 Å². The van der Waals surface area contributed by atoms with Gasteiger partial charge in [0.05, 0.1) is 0 Å². The Morgan fingerprint density at radius 3 is 2.24 bits per heavy atom. The van der Waals surface area contributed by atoms with Gasteiger partial charge in [0.1, 0.15) is 6.04 Å². The van der Waals surface area contributed by atoms with Crippen LogP contribution in [0.15, 0.2) is 24.3 Å². The summed E-state index contributed by atoms with van der Waals surface area (Å²) in [6.07, 6.45) is 0.427. The van der Waals surface area contributed by atoms with E-state index >= 15 is 0 Å². The summed E-state index contributed by atoms with van der Waals surface area (Å²) in [7, 11) is 0. The third-order valence-corrected chi connectivity index (χ3v) is 2.24. The van der Waals surface area contributed by atoms with Crippen molar-refractivity contribution in [3.8, 4) is 0 Å². The van der Waals surface area contributed by atoms with Crippen molar-refractivity contribution in [3.63, 3.8) is 0 Å². The van der Waals surface area contributed by atoms with Gasteiger partial charge in [0, 0.05) is 17.8 Å². The molecule has 0 saturated carbocycles. The lowest BCUT2D eigenvalue weighted by Gasteiger charge is -2.11. The average Bonchev–Trinajstić information content (AvgIpc) is 2.31. The summed E-state index contributed by atoms with van der Waals surface area (Å²) in [5, 5.41) is 14.3. The second kappa shape index (κ2) is 5.89. The molecule has 0 aliphatic carbocycles. The van der Waals surface area contributed by atoms with Crippen LogP contribution in [-0.2, 0) is 9.59 Å². The van der Waals surface area contributed by atoms with Crippen molar-refractivity contribution in [1.82, 2.24) is 0 Å². The molecule has 5 heteroatoms. The summed E-state index contributed by atoms with van der Waals surface area (Å²) in [5.74, 6) is -0.960. The molecule has 5 nitrogen and oxygen atoms in total. The molecule has 0 aliphatic rings. The van der Waals surface area contributed by atoms with Crippen molar-refractivity contribution in [2.75, 3.05) is 10.6 Å². The first-order chi connectivity index (χ1) is 8.02. The fourth-order valence-electron chi connectivity index (χ4n) is 1.21. The number of carboxylic acid groups (broad SMARTS) is 1. The summed E-state index contributed by atoms with van der Waals surface area (Å²) in [5.41, 5.74) is 1.40. The summed E-state index contributed by atoms with van der Waals surface area (Å²) < 4.78 is 0. The van der Waals surface area contributed by atoms with E-state index in [4.69, 9.17) is 5.11 Å². The summed E-state index contributed by atoms with van der Waals surface area (Å²) in [6, 6.07) is 6.26. The van der Waals surface area contributed by atoms with Crippen molar-refractivity contribution in [2.24, 2.45) is 0 Å². The van der Waals surface area contributed by atoms with Crippen LogP contribution in [0.5, 0.6) is 0 Å². The second-order valence-electron chi connectivity index (χ2n) is 3.68. The largest absolute Gasteiger partial charge is 0.480 e. The fourth-order valence-corrected chi connectivity index (χ4v) is 1.21. The molecule has 0 heterocycles. The third kappa shape index (κ3) is 4.14. The van der Waals surface area contributed by atoms with Crippen LogP contribution < -0.4 is 10.6 Å². The van der Waals surface area contributed by atoms with E-state index in [-0.39, 0.29) is 5.91 Å². The van der Waals surface area contributed by atoms with Crippen LogP contribution in [-0.4, -0.2) is 23.0 Å². The SMILES string of the molecule is CCC(=O)Nc1ccc(NC(C)C(=O)O)cc1. The molecule has 0 radical (unpaired) electrons. The molecule has 1 atom stereocenters. The van der Waals surface area contributed by atoms with Gasteiger partial charge in [0.15, 0.2) is 0 Å². The number of anilines is 2. The Morgan fingerprint density at radius 1 is 1.24 bits per heavy atom. The normalized spacial score (nSPS) is 11.6. The molecule has 1 aromatic rings. The zero-order valence-electron chi connectivity index (χ0n) is 9.86. The van der Waals surface area contributed by atoms with Gasteiger partial charge in [-0.2, -0.15) is 0 Å². The minimum absolute atomic E-state index is 0.0513. The lowest BCUT2D eigenvalue weighted by atomic mass is 10.2. The van der Waals surface area contributed by atoms with Gasteiger partial charge >= 0.3 is 5.97 Å². The smallest absolute Gasteiger partial charge is 0.325 e. The molecular formula is C12H16N2O3. The number of aliphatic carboxylic acids is 1. The number of rotatable bonds is 5. The molecule has 1 rings (SSSR count). The van der Waals surface area contributed by atoms with Crippen LogP contribution in [0.25, 0.3) is 0 Å². The molecule has 92 valence electrons. The highest BCUT2D eigenvalue weighted by atomic mass is 16.4. The monoisotopic (exact) mass is 236 g/mol. The molecule has 0 fully saturated rings. The number of carbonyl (C=O) groups excluding carboxylic acids is 1. The number of hydrogen-bond acceptors (Lipinski definition) is 3. The summed E-state index contributed by atoms with van der Waals surface area (Å²) >= 11 is 0. The maximum absolute atomic E-state index is 11.1. The van der Waals surface area contributed by atoms with Crippen LogP contribution in [0.1, 0.15) is 20.3 Å². The Labute approximate surface area is 99.8 Å². The zero-order chi connectivity index (χ0) is 12.8. The van der Waals surface area contributed by atoms with Crippen LogP contribution in [0, 0.1) is 0 Å². The molecule has 17 heavy (non-hydrogen) atoms. The molecule has 0 aliphatic heterocycles. The van der Waals surface area contributed by atoms with Crippen molar-refractivity contribution < 1.29 is 14.7 Å². The number of carboxylic acids is 1. The third-order valence-electron chi connectivity index (χ3n) is 2.24.